The molecular weight excluding hydrogens is 222 g/mol. The van der Waals surface area contributed by atoms with Gasteiger partial charge in [0.05, 0.1) is 0 Å². The monoisotopic (exact) mass is 230 g/mol. The summed E-state index contributed by atoms with van der Waals surface area (Å²) in [5.41, 5.74) is 0.419. The van der Waals surface area contributed by atoms with Crippen LogP contribution in [0.2, 0.25) is 5.02 Å². The molecule has 0 amide bonds. The van der Waals surface area contributed by atoms with Crippen LogP contribution in [0.5, 0.6) is 0 Å². The van der Waals surface area contributed by atoms with Crippen LogP contribution in [0.15, 0.2) is 24.3 Å². The number of Topliss-reactive ketones (excluding diaryl/α,β-unsaturated/α-hetero) is 1. The van der Waals surface area contributed by atoms with E-state index in [1.54, 1.807) is 18.2 Å². The second-order valence-corrected chi connectivity index (χ2v) is 4.27. The second-order valence-electron chi connectivity index (χ2n) is 3.84. The molecule has 80 valence electrons. The summed E-state index contributed by atoms with van der Waals surface area (Å²) in [5.74, 6) is -3.43. The predicted octanol–water partition coefficient (Wildman–Crippen LogP) is 3.57. The fourth-order valence-electron chi connectivity index (χ4n) is 1.72. The number of halogens is 3. The van der Waals surface area contributed by atoms with Crippen molar-refractivity contribution < 1.29 is 13.6 Å². The molecule has 2 rings (SSSR count). The van der Waals surface area contributed by atoms with Crippen LogP contribution in [0.25, 0.3) is 0 Å². The van der Waals surface area contributed by atoms with E-state index in [-0.39, 0.29) is 18.6 Å². The molecule has 0 heterocycles. The van der Waals surface area contributed by atoms with Gasteiger partial charge < -0.3 is 0 Å². The first-order chi connectivity index (χ1) is 6.98. The minimum atomic E-state index is -2.65. The van der Waals surface area contributed by atoms with Gasteiger partial charge in [0.2, 0.25) is 5.92 Å². The molecule has 0 N–H and O–H groups in total. The zero-order chi connectivity index (χ0) is 11.1. The van der Waals surface area contributed by atoms with Gasteiger partial charge >= 0.3 is 0 Å². The van der Waals surface area contributed by atoms with Crippen LogP contribution in [-0.4, -0.2) is 11.7 Å². The lowest BCUT2D eigenvalue weighted by molar-refractivity contribution is -0.0982. The molecule has 15 heavy (non-hydrogen) atoms. The maximum absolute atomic E-state index is 12.6. The molecule has 1 aliphatic carbocycles. The third-order valence-corrected chi connectivity index (χ3v) is 2.81. The summed E-state index contributed by atoms with van der Waals surface area (Å²) in [4.78, 5) is 11.7. The van der Waals surface area contributed by atoms with Gasteiger partial charge in [-0.15, -0.1) is 0 Å². The molecule has 0 bridgehead atoms. The van der Waals surface area contributed by atoms with Crippen LogP contribution in [0.1, 0.15) is 23.2 Å². The zero-order valence-corrected chi connectivity index (χ0v) is 8.60. The van der Waals surface area contributed by atoms with E-state index >= 15 is 0 Å². The topological polar surface area (TPSA) is 17.1 Å². The van der Waals surface area contributed by atoms with E-state index in [2.05, 4.69) is 0 Å². The number of carbonyl (C=O) groups is 1. The number of benzene rings is 1. The summed E-state index contributed by atoms with van der Waals surface area (Å²) in [6.45, 7) is 0. The lowest BCUT2D eigenvalue weighted by Gasteiger charge is -2.33. The standard InChI is InChI=1S/C11H9ClF2O/c12-9-3-1-2-7(4-9)10(15)8-5-11(13,14)6-8/h1-4,8H,5-6H2. The first kappa shape index (κ1) is 10.6. The van der Waals surface area contributed by atoms with E-state index in [1.807, 2.05) is 0 Å². The highest BCUT2D eigenvalue weighted by Crippen LogP contribution is 2.43. The first-order valence-electron chi connectivity index (χ1n) is 4.65. The lowest BCUT2D eigenvalue weighted by atomic mass is 9.77. The number of alkyl halides is 2. The van der Waals surface area contributed by atoms with Gasteiger partial charge in [-0.1, -0.05) is 23.7 Å². The van der Waals surface area contributed by atoms with Gasteiger partial charge in [-0.2, -0.15) is 0 Å². The Morgan fingerprint density at radius 3 is 2.60 bits per heavy atom. The van der Waals surface area contributed by atoms with Crippen molar-refractivity contribution in [3.8, 4) is 0 Å². The summed E-state index contributed by atoms with van der Waals surface area (Å²) in [6.07, 6.45) is -0.670. The predicted molar refractivity (Wildman–Crippen MR) is 53.5 cm³/mol. The largest absolute Gasteiger partial charge is 0.294 e. The molecule has 1 nitrogen and oxygen atoms in total. The summed E-state index contributed by atoms with van der Waals surface area (Å²) >= 11 is 5.71. The fraction of sp³-hybridized carbons (Fsp3) is 0.364. The van der Waals surface area contributed by atoms with Crippen LogP contribution in [-0.2, 0) is 0 Å². The SMILES string of the molecule is O=C(c1cccc(Cl)c1)C1CC(F)(F)C1. The molecule has 0 radical (unpaired) electrons. The molecule has 1 saturated carbocycles. The van der Waals surface area contributed by atoms with Gasteiger partial charge in [-0.3, -0.25) is 4.79 Å². The number of rotatable bonds is 2. The Hall–Kier alpha value is -0.960. The lowest BCUT2D eigenvalue weighted by Crippen LogP contribution is -2.39. The first-order valence-corrected chi connectivity index (χ1v) is 5.03. The fourth-order valence-corrected chi connectivity index (χ4v) is 1.91. The average molecular weight is 231 g/mol. The summed E-state index contributed by atoms with van der Waals surface area (Å²) in [6, 6.07) is 6.41. The Bertz CT molecular complexity index is 395. The van der Waals surface area contributed by atoms with E-state index < -0.39 is 11.8 Å². The number of carbonyl (C=O) groups excluding carboxylic acids is 1. The Morgan fingerprint density at radius 1 is 1.40 bits per heavy atom. The van der Waals surface area contributed by atoms with Gasteiger partial charge in [-0.25, -0.2) is 8.78 Å². The van der Waals surface area contributed by atoms with Crippen molar-refractivity contribution in [2.45, 2.75) is 18.8 Å². The normalized spacial score (nSPS) is 19.7. The third kappa shape index (κ3) is 2.17. The highest BCUT2D eigenvalue weighted by Gasteiger charge is 2.48. The van der Waals surface area contributed by atoms with Crippen LogP contribution >= 0.6 is 11.6 Å². The van der Waals surface area contributed by atoms with Crippen molar-refractivity contribution in [1.82, 2.24) is 0 Å². The minimum Gasteiger partial charge on any atom is -0.294 e. The minimum absolute atomic E-state index is 0.233. The maximum Gasteiger partial charge on any atom is 0.249 e. The van der Waals surface area contributed by atoms with E-state index in [0.29, 0.717) is 10.6 Å². The molecule has 1 aromatic carbocycles. The Balaban J connectivity index is 2.10. The number of ketones is 1. The third-order valence-electron chi connectivity index (χ3n) is 2.57. The van der Waals surface area contributed by atoms with Crippen molar-refractivity contribution >= 4 is 17.4 Å². The van der Waals surface area contributed by atoms with Crippen LogP contribution < -0.4 is 0 Å². The molecule has 0 spiro atoms. The molecule has 1 aliphatic rings. The van der Waals surface area contributed by atoms with Gasteiger partial charge in [0.1, 0.15) is 0 Å². The summed E-state index contributed by atoms with van der Waals surface area (Å²) in [5, 5.41) is 0.451. The highest BCUT2D eigenvalue weighted by atomic mass is 35.5. The molecule has 4 heteroatoms. The van der Waals surface area contributed by atoms with E-state index in [1.165, 1.54) is 6.07 Å². The van der Waals surface area contributed by atoms with Crippen LogP contribution in [0.3, 0.4) is 0 Å². The number of hydrogen-bond donors (Lipinski definition) is 0. The van der Waals surface area contributed by atoms with E-state index in [9.17, 15) is 13.6 Å². The molecular formula is C11H9ClF2O. The quantitative estimate of drug-likeness (QED) is 0.710. The Morgan fingerprint density at radius 2 is 2.07 bits per heavy atom. The van der Waals surface area contributed by atoms with Crippen molar-refractivity contribution in [2.75, 3.05) is 0 Å². The second kappa shape index (κ2) is 3.56. The highest BCUT2D eigenvalue weighted by molar-refractivity contribution is 6.31. The van der Waals surface area contributed by atoms with Gasteiger partial charge in [0.15, 0.2) is 5.78 Å². The molecule has 0 unspecified atom stereocenters. The van der Waals surface area contributed by atoms with Crippen molar-refractivity contribution in [3.63, 3.8) is 0 Å². The van der Waals surface area contributed by atoms with Crippen molar-refractivity contribution in [2.24, 2.45) is 5.92 Å². The molecule has 0 aromatic heterocycles. The van der Waals surface area contributed by atoms with Crippen molar-refractivity contribution in [1.29, 1.82) is 0 Å². The average Bonchev–Trinajstić information content (AvgIpc) is 2.13. The number of hydrogen-bond acceptors (Lipinski definition) is 1. The molecule has 0 aliphatic heterocycles. The smallest absolute Gasteiger partial charge is 0.249 e. The summed E-state index contributed by atoms with van der Waals surface area (Å²) in [7, 11) is 0. The Labute approximate surface area is 91.0 Å². The van der Waals surface area contributed by atoms with Gasteiger partial charge in [0, 0.05) is 29.3 Å². The van der Waals surface area contributed by atoms with Crippen LogP contribution in [0.4, 0.5) is 8.78 Å². The van der Waals surface area contributed by atoms with Gasteiger partial charge in [-0.05, 0) is 12.1 Å². The van der Waals surface area contributed by atoms with Crippen LogP contribution in [0, 0.1) is 5.92 Å². The summed E-state index contributed by atoms with van der Waals surface area (Å²) < 4.78 is 25.1. The maximum atomic E-state index is 12.6. The van der Waals surface area contributed by atoms with Gasteiger partial charge in [0.25, 0.3) is 0 Å². The molecule has 0 atom stereocenters. The van der Waals surface area contributed by atoms with E-state index in [4.69, 9.17) is 11.6 Å². The zero-order valence-electron chi connectivity index (χ0n) is 7.84. The van der Waals surface area contributed by atoms with E-state index in [0.717, 1.165) is 0 Å². The Kier molecular flexibility index (Phi) is 2.51. The molecule has 1 aromatic rings. The van der Waals surface area contributed by atoms with Crippen molar-refractivity contribution in [3.05, 3.63) is 34.9 Å². The molecule has 0 saturated heterocycles. The molecule has 1 fully saturated rings.